The van der Waals surface area contributed by atoms with E-state index in [0.29, 0.717) is 17.5 Å². The Kier molecular flexibility index (Phi) is 9.40. The number of rotatable bonds is 7. The zero-order valence-electron chi connectivity index (χ0n) is 40.6. The van der Waals surface area contributed by atoms with Crippen LogP contribution in [0.25, 0.3) is 159 Å². The third-order valence-corrected chi connectivity index (χ3v) is 16.2. The summed E-state index contributed by atoms with van der Waals surface area (Å²) in [5, 5.41) is 9.02. The highest BCUT2D eigenvalue weighted by Crippen LogP contribution is 2.43. The van der Waals surface area contributed by atoms with E-state index in [4.69, 9.17) is 23.8 Å². The molecule has 354 valence electrons. The van der Waals surface area contributed by atoms with Crippen molar-refractivity contribution < 1.29 is 8.83 Å². The number of para-hydroxylation sites is 2. The van der Waals surface area contributed by atoms with Crippen LogP contribution < -0.4 is 0 Å². The molecule has 5 heterocycles. The molecule has 7 heteroatoms. The largest absolute Gasteiger partial charge is 0.456 e. The number of hydrogen-bond acceptors (Lipinski definition) is 6. The molecular weight excluding hydrogens is 949 g/mol. The fourth-order valence-electron chi connectivity index (χ4n) is 11.4. The van der Waals surface area contributed by atoms with Crippen LogP contribution in [0.2, 0.25) is 0 Å². The number of aromatic nitrogens is 4. The zero-order valence-corrected chi connectivity index (χ0v) is 41.4. The van der Waals surface area contributed by atoms with Gasteiger partial charge in [-0.2, -0.15) is 0 Å². The molecule has 0 saturated carbocycles. The number of thiophene rings is 1. The van der Waals surface area contributed by atoms with Crippen molar-refractivity contribution in [3.8, 4) is 73.2 Å². The Bertz CT molecular complexity index is 4990. The van der Waals surface area contributed by atoms with Gasteiger partial charge >= 0.3 is 0 Å². The van der Waals surface area contributed by atoms with Gasteiger partial charge in [0.1, 0.15) is 22.3 Å². The molecule has 0 saturated heterocycles. The quantitative estimate of drug-likeness (QED) is 0.159. The standard InChI is InChI=1S/C69H40N4O2S/c1-4-13-41(14-5-1)47-23-29-51-52-30-24-48(40-63(52)75-62(51)39-47)68-70-67(42-15-6-2-7-16-42)71-69(72-68)53-20-12-22-61-66(53)57-38-44(26-32-60(57)74-61)46-28-34-65-56(37-46)55-36-45(27-33-64(55)76-65)43-25-31-59-54(35-43)50-19-10-11-21-58(50)73(59)49-17-8-3-9-18-49/h1-40H. The molecule has 0 aliphatic rings. The Balaban J connectivity index is 0.795. The molecule has 0 fully saturated rings. The molecule has 0 aliphatic carbocycles. The Morgan fingerprint density at radius 3 is 1.53 bits per heavy atom. The number of hydrogen-bond donors (Lipinski definition) is 0. The van der Waals surface area contributed by atoms with E-state index in [1.165, 1.54) is 53.1 Å². The van der Waals surface area contributed by atoms with Crippen LogP contribution in [0, 0.1) is 0 Å². The molecule has 6 nitrogen and oxygen atoms in total. The van der Waals surface area contributed by atoms with E-state index in [1.54, 1.807) is 0 Å². The summed E-state index contributed by atoms with van der Waals surface area (Å²) >= 11 is 1.84. The molecule has 0 bridgehead atoms. The number of fused-ring (bicyclic) bond motifs is 12. The van der Waals surface area contributed by atoms with Crippen LogP contribution in [0.1, 0.15) is 0 Å². The fourth-order valence-corrected chi connectivity index (χ4v) is 12.5. The van der Waals surface area contributed by atoms with Gasteiger partial charge in [0.15, 0.2) is 17.5 Å². The summed E-state index contributed by atoms with van der Waals surface area (Å²) in [7, 11) is 0. The van der Waals surface area contributed by atoms with Crippen molar-refractivity contribution in [3.63, 3.8) is 0 Å². The molecule has 76 heavy (non-hydrogen) atoms. The summed E-state index contributed by atoms with van der Waals surface area (Å²) in [4.78, 5) is 15.6. The maximum atomic E-state index is 6.61. The van der Waals surface area contributed by atoms with Crippen LogP contribution in [0.5, 0.6) is 0 Å². The predicted molar refractivity (Wildman–Crippen MR) is 314 cm³/mol. The van der Waals surface area contributed by atoms with E-state index in [0.717, 1.165) is 88.5 Å². The van der Waals surface area contributed by atoms with Gasteiger partial charge in [-0.1, -0.05) is 146 Å². The van der Waals surface area contributed by atoms with Gasteiger partial charge in [0.25, 0.3) is 0 Å². The lowest BCUT2D eigenvalue weighted by atomic mass is 9.98. The van der Waals surface area contributed by atoms with Crippen LogP contribution in [0.4, 0.5) is 0 Å². The first-order valence-corrected chi connectivity index (χ1v) is 26.3. The van der Waals surface area contributed by atoms with Gasteiger partial charge in [0.05, 0.1) is 11.0 Å². The highest BCUT2D eigenvalue weighted by molar-refractivity contribution is 7.25. The van der Waals surface area contributed by atoms with E-state index < -0.39 is 0 Å². The van der Waals surface area contributed by atoms with Crippen molar-refractivity contribution in [3.05, 3.63) is 243 Å². The minimum atomic E-state index is 0.553. The molecule has 11 aromatic carbocycles. The summed E-state index contributed by atoms with van der Waals surface area (Å²) in [6.45, 7) is 0. The lowest BCUT2D eigenvalue weighted by Crippen LogP contribution is -2.00. The molecule has 5 aromatic heterocycles. The van der Waals surface area contributed by atoms with Gasteiger partial charge in [-0.15, -0.1) is 11.3 Å². The van der Waals surface area contributed by atoms with Crippen LogP contribution in [-0.2, 0) is 0 Å². The summed E-state index contributed by atoms with van der Waals surface area (Å²) < 4.78 is 18.1. The van der Waals surface area contributed by atoms with E-state index >= 15 is 0 Å². The van der Waals surface area contributed by atoms with E-state index in [2.05, 4.69) is 193 Å². The van der Waals surface area contributed by atoms with Crippen LogP contribution in [0.15, 0.2) is 251 Å². The monoisotopic (exact) mass is 988 g/mol. The van der Waals surface area contributed by atoms with Crippen molar-refractivity contribution >= 4 is 97.2 Å². The second-order valence-corrected chi connectivity index (χ2v) is 20.6. The Hall–Kier alpha value is -9.95. The van der Waals surface area contributed by atoms with Gasteiger partial charge in [-0.3, -0.25) is 0 Å². The molecule has 0 N–H and O–H groups in total. The fraction of sp³-hybridized carbons (Fsp3) is 0. The van der Waals surface area contributed by atoms with E-state index in [1.807, 2.05) is 65.9 Å². The number of benzene rings is 11. The summed E-state index contributed by atoms with van der Waals surface area (Å²) in [5.41, 5.74) is 16.2. The third-order valence-electron chi connectivity index (χ3n) is 15.1. The topological polar surface area (TPSA) is 69.9 Å². The second kappa shape index (κ2) is 16.8. The van der Waals surface area contributed by atoms with Crippen LogP contribution in [0.3, 0.4) is 0 Å². The van der Waals surface area contributed by atoms with Gasteiger partial charge < -0.3 is 13.4 Å². The van der Waals surface area contributed by atoms with Gasteiger partial charge in [-0.25, -0.2) is 15.0 Å². The molecule has 0 unspecified atom stereocenters. The smallest absolute Gasteiger partial charge is 0.164 e. The normalized spacial score (nSPS) is 11.9. The van der Waals surface area contributed by atoms with Gasteiger partial charge in [0.2, 0.25) is 0 Å². The molecule has 0 atom stereocenters. The van der Waals surface area contributed by atoms with Gasteiger partial charge in [-0.05, 0) is 130 Å². The van der Waals surface area contributed by atoms with Crippen molar-refractivity contribution in [2.75, 3.05) is 0 Å². The van der Waals surface area contributed by atoms with Crippen molar-refractivity contribution in [1.29, 1.82) is 0 Å². The lowest BCUT2D eigenvalue weighted by molar-refractivity contribution is 0.668. The van der Waals surface area contributed by atoms with Crippen molar-refractivity contribution in [2.24, 2.45) is 0 Å². The average Bonchev–Trinajstić information content (AvgIpc) is 4.28. The predicted octanol–water partition coefficient (Wildman–Crippen LogP) is 19.1. The third kappa shape index (κ3) is 6.83. The van der Waals surface area contributed by atoms with E-state index in [-0.39, 0.29) is 0 Å². The maximum absolute atomic E-state index is 6.61. The molecular formula is C69H40N4O2S. The first-order chi connectivity index (χ1) is 37.6. The second-order valence-electron chi connectivity index (χ2n) is 19.5. The Morgan fingerprint density at radius 1 is 0.289 bits per heavy atom. The summed E-state index contributed by atoms with van der Waals surface area (Å²) in [6, 6.07) is 85.8. The zero-order chi connectivity index (χ0) is 49.8. The molecule has 0 amide bonds. The SMILES string of the molecule is c1ccc(-c2ccc3c(c2)oc2cc(-c4nc(-c5ccccc5)nc(-c5cccc6oc7ccc(-c8ccc9sc%10ccc(-c%11ccc%12c(c%11)c%11ccccc%11n%12-c%11ccccc%11)cc%10c9c8)cc7c56)n4)ccc23)cc1. The molecule has 0 radical (unpaired) electrons. The highest BCUT2D eigenvalue weighted by atomic mass is 32.1. The molecule has 16 aromatic rings. The maximum Gasteiger partial charge on any atom is 0.164 e. The lowest BCUT2D eigenvalue weighted by Gasteiger charge is -2.09. The summed E-state index contributed by atoms with van der Waals surface area (Å²) in [5.74, 6) is 1.69. The minimum absolute atomic E-state index is 0.553. The molecule has 16 rings (SSSR count). The Morgan fingerprint density at radius 2 is 0.803 bits per heavy atom. The first-order valence-electron chi connectivity index (χ1n) is 25.5. The van der Waals surface area contributed by atoms with Crippen molar-refractivity contribution in [2.45, 2.75) is 0 Å². The Labute approximate surface area is 439 Å². The highest BCUT2D eigenvalue weighted by Gasteiger charge is 2.21. The van der Waals surface area contributed by atoms with E-state index in [9.17, 15) is 0 Å². The number of furan rings is 2. The average molecular weight is 989 g/mol. The van der Waals surface area contributed by atoms with Crippen LogP contribution >= 0.6 is 11.3 Å². The molecule has 0 aliphatic heterocycles. The number of nitrogens with zero attached hydrogens (tertiary/aromatic N) is 4. The van der Waals surface area contributed by atoms with Crippen molar-refractivity contribution in [1.82, 2.24) is 19.5 Å². The molecule has 0 spiro atoms. The first kappa shape index (κ1) is 42.5. The van der Waals surface area contributed by atoms with Gasteiger partial charge in [0, 0.05) is 74.9 Å². The minimum Gasteiger partial charge on any atom is -0.456 e. The summed E-state index contributed by atoms with van der Waals surface area (Å²) in [6.07, 6.45) is 0. The van der Waals surface area contributed by atoms with Crippen LogP contribution in [-0.4, -0.2) is 19.5 Å².